The number of nitrogens with one attached hydrogen (secondary N) is 1. The number of benzene rings is 1. The summed E-state index contributed by atoms with van der Waals surface area (Å²) >= 11 is 0. The molecule has 1 aromatic carbocycles. The Kier molecular flexibility index (Phi) is 5.97. The van der Waals surface area contributed by atoms with Gasteiger partial charge >= 0.3 is 0 Å². The van der Waals surface area contributed by atoms with E-state index in [4.69, 9.17) is 0 Å². The van der Waals surface area contributed by atoms with Crippen LogP contribution in [0.3, 0.4) is 0 Å². The molecular weight excluding hydrogens is 336 g/mol. The highest BCUT2D eigenvalue weighted by molar-refractivity contribution is 5.95. The normalized spacial score (nSPS) is 15.6. The number of hydrogen-bond acceptors (Lipinski definition) is 5. The molecule has 1 aliphatic rings. The van der Waals surface area contributed by atoms with Crippen LogP contribution in [0.4, 0.5) is 5.69 Å². The molecule has 0 aliphatic carbocycles. The standard InChI is InChI=1S/C18H26N4O4/c1-18(2,3)14-6-5-13(11-15(14)22(25)26)17(24)21-9-7-20(8-10-21)12-16(23)19-4/h5-6,11H,7-10,12H2,1-4H3,(H,19,23). The number of nitro benzene ring substituents is 1. The molecule has 2 amide bonds. The zero-order chi connectivity index (χ0) is 19.5. The third-order valence-corrected chi connectivity index (χ3v) is 4.55. The van der Waals surface area contributed by atoms with Crippen LogP contribution in [0.5, 0.6) is 0 Å². The Bertz CT molecular complexity index is 704. The van der Waals surface area contributed by atoms with Crippen LogP contribution in [0.15, 0.2) is 18.2 Å². The van der Waals surface area contributed by atoms with Gasteiger partial charge in [-0.3, -0.25) is 24.6 Å². The monoisotopic (exact) mass is 362 g/mol. The van der Waals surface area contributed by atoms with Crippen molar-refractivity contribution in [1.82, 2.24) is 15.1 Å². The molecule has 2 rings (SSSR count). The molecule has 1 heterocycles. The molecule has 0 aromatic heterocycles. The highest BCUT2D eigenvalue weighted by Crippen LogP contribution is 2.32. The molecule has 0 spiro atoms. The molecule has 26 heavy (non-hydrogen) atoms. The summed E-state index contributed by atoms with van der Waals surface area (Å²) < 4.78 is 0. The average Bonchev–Trinajstić information content (AvgIpc) is 2.60. The van der Waals surface area contributed by atoms with Crippen molar-refractivity contribution in [3.05, 3.63) is 39.4 Å². The molecule has 1 aromatic rings. The van der Waals surface area contributed by atoms with Crippen LogP contribution >= 0.6 is 0 Å². The van der Waals surface area contributed by atoms with E-state index in [9.17, 15) is 19.7 Å². The van der Waals surface area contributed by atoms with Crippen LogP contribution in [0.25, 0.3) is 0 Å². The van der Waals surface area contributed by atoms with Gasteiger partial charge in [0, 0.05) is 50.4 Å². The lowest BCUT2D eigenvalue weighted by Gasteiger charge is -2.34. The van der Waals surface area contributed by atoms with E-state index in [1.165, 1.54) is 6.07 Å². The molecule has 0 unspecified atom stereocenters. The molecule has 1 fully saturated rings. The second-order valence-corrected chi connectivity index (χ2v) is 7.48. The van der Waals surface area contributed by atoms with Gasteiger partial charge in [0.1, 0.15) is 0 Å². The third kappa shape index (κ3) is 4.57. The summed E-state index contributed by atoms with van der Waals surface area (Å²) in [4.78, 5) is 38.8. The summed E-state index contributed by atoms with van der Waals surface area (Å²) in [5, 5.41) is 14.0. The van der Waals surface area contributed by atoms with Crippen LogP contribution in [0.2, 0.25) is 0 Å². The van der Waals surface area contributed by atoms with Gasteiger partial charge < -0.3 is 10.2 Å². The number of likely N-dealkylation sites (N-methyl/N-ethyl adjacent to an activating group) is 1. The maximum atomic E-state index is 12.7. The molecule has 0 radical (unpaired) electrons. The summed E-state index contributed by atoms with van der Waals surface area (Å²) in [7, 11) is 1.59. The molecule has 1 aliphatic heterocycles. The van der Waals surface area contributed by atoms with Crippen LogP contribution in [0, 0.1) is 10.1 Å². The van der Waals surface area contributed by atoms with E-state index >= 15 is 0 Å². The van der Waals surface area contributed by atoms with Crippen molar-refractivity contribution < 1.29 is 14.5 Å². The summed E-state index contributed by atoms with van der Waals surface area (Å²) in [6.07, 6.45) is 0. The van der Waals surface area contributed by atoms with Gasteiger partial charge in [0.25, 0.3) is 11.6 Å². The van der Waals surface area contributed by atoms with E-state index in [1.54, 1.807) is 24.1 Å². The van der Waals surface area contributed by atoms with Gasteiger partial charge in [0.15, 0.2) is 0 Å². The number of nitro groups is 1. The van der Waals surface area contributed by atoms with Gasteiger partial charge in [0.05, 0.1) is 11.5 Å². The first kappa shape index (κ1) is 19.8. The first-order chi connectivity index (χ1) is 12.1. The van der Waals surface area contributed by atoms with Gasteiger partial charge in [-0.15, -0.1) is 0 Å². The number of rotatable bonds is 4. The lowest BCUT2D eigenvalue weighted by molar-refractivity contribution is -0.386. The lowest BCUT2D eigenvalue weighted by Crippen LogP contribution is -2.50. The molecule has 1 saturated heterocycles. The molecule has 0 atom stereocenters. The quantitative estimate of drug-likeness (QED) is 0.645. The molecule has 0 bridgehead atoms. The first-order valence-electron chi connectivity index (χ1n) is 8.64. The minimum absolute atomic E-state index is 0.0263. The predicted octanol–water partition coefficient (Wildman–Crippen LogP) is 1.40. The summed E-state index contributed by atoms with van der Waals surface area (Å²) in [6.45, 7) is 8.20. The Labute approximate surface area is 153 Å². The van der Waals surface area contributed by atoms with E-state index in [-0.39, 0.29) is 22.9 Å². The lowest BCUT2D eigenvalue weighted by atomic mass is 9.85. The van der Waals surface area contributed by atoms with Crippen molar-refractivity contribution in [3.8, 4) is 0 Å². The van der Waals surface area contributed by atoms with Gasteiger partial charge in [-0.1, -0.05) is 26.8 Å². The summed E-state index contributed by atoms with van der Waals surface area (Å²) in [6, 6.07) is 4.71. The molecule has 0 saturated carbocycles. The minimum atomic E-state index is -0.432. The smallest absolute Gasteiger partial charge is 0.273 e. The number of hydrogen-bond donors (Lipinski definition) is 1. The minimum Gasteiger partial charge on any atom is -0.358 e. The molecule has 142 valence electrons. The van der Waals surface area contributed by atoms with Gasteiger partial charge in [0.2, 0.25) is 5.91 Å². The van der Waals surface area contributed by atoms with Crippen molar-refractivity contribution >= 4 is 17.5 Å². The van der Waals surface area contributed by atoms with Crippen LogP contribution in [0.1, 0.15) is 36.7 Å². The highest BCUT2D eigenvalue weighted by atomic mass is 16.6. The highest BCUT2D eigenvalue weighted by Gasteiger charge is 2.28. The SMILES string of the molecule is CNC(=O)CN1CCN(C(=O)c2ccc(C(C)(C)C)c([N+](=O)[O-])c2)CC1. The van der Waals surface area contributed by atoms with Crippen molar-refractivity contribution in [3.63, 3.8) is 0 Å². The third-order valence-electron chi connectivity index (χ3n) is 4.55. The molecular formula is C18H26N4O4. The maximum Gasteiger partial charge on any atom is 0.273 e. The fraction of sp³-hybridized carbons (Fsp3) is 0.556. The Morgan fingerprint density at radius 2 is 1.81 bits per heavy atom. The van der Waals surface area contributed by atoms with E-state index in [1.807, 2.05) is 25.7 Å². The van der Waals surface area contributed by atoms with Crippen LogP contribution in [-0.2, 0) is 10.2 Å². The van der Waals surface area contributed by atoms with Gasteiger partial charge in [-0.05, 0) is 11.5 Å². The second kappa shape index (κ2) is 7.82. The Hall–Kier alpha value is -2.48. The van der Waals surface area contributed by atoms with Crippen molar-refractivity contribution in [2.75, 3.05) is 39.8 Å². The Morgan fingerprint density at radius 1 is 1.19 bits per heavy atom. The average molecular weight is 362 g/mol. The number of piperazine rings is 1. The molecule has 8 heteroatoms. The van der Waals surface area contributed by atoms with Crippen molar-refractivity contribution in [1.29, 1.82) is 0 Å². The zero-order valence-corrected chi connectivity index (χ0v) is 15.7. The van der Waals surface area contributed by atoms with Gasteiger partial charge in [-0.25, -0.2) is 0 Å². The summed E-state index contributed by atoms with van der Waals surface area (Å²) in [5.41, 5.74) is 0.524. The Morgan fingerprint density at radius 3 is 2.31 bits per heavy atom. The fourth-order valence-electron chi connectivity index (χ4n) is 3.02. The Balaban J connectivity index is 2.12. The van der Waals surface area contributed by atoms with Crippen molar-refractivity contribution in [2.24, 2.45) is 0 Å². The maximum absolute atomic E-state index is 12.7. The van der Waals surface area contributed by atoms with E-state index in [0.717, 1.165) is 0 Å². The molecule has 8 nitrogen and oxygen atoms in total. The largest absolute Gasteiger partial charge is 0.358 e. The van der Waals surface area contributed by atoms with Crippen molar-refractivity contribution in [2.45, 2.75) is 26.2 Å². The van der Waals surface area contributed by atoms with Gasteiger partial charge in [-0.2, -0.15) is 0 Å². The zero-order valence-electron chi connectivity index (χ0n) is 15.7. The van der Waals surface area contributed by atoms with E-state index in [2.05, 4.69) is 5.32 Å². The first-order valence-corrected chi connectivity index (χ1v) is 8.64. The summed E-state index contributed by atoms with van der Waals surface area (Å²) in [5.74, 6) is -0.272. The van der Waals surface area contributed by atoms with E-state index < -0.39 is 4.92 Å². The number of carbonyl (C=O) groups is 2. The topological polar surface area (TPSA) is 95.8 Å². The van der Waals surface area contributed by atoms with Crippen LogP contribution in [-0.4, -0.2) is 66.3 Å². The number of nitrogens with zero attached hydrogens (tertiary/aromatic N) is 3. The number of amides is 2. The van der Waals surface area contributed by atoms with E-state index in [0.29, 0.717) is 43.9 Å². The number of carbonyl (C=O) groups excluding carboxylic acids is 2. The fourth-order valence-corrected chi connectivity index (χ4v) is 3.02. The second-order valence-electron chi connectivity index (χ2n) is 7.48. The predicted molar refractivity (Wildman–Crippen MR) is 98.2 cm³/mol. The molecule has 1 N–H and O–H groups in total. The van der Waals surface area contributed by atoms with Crippen LogP contribution < -0.4 is 5.32 Å².